The van der Waals surface area contributed by atoms with E-state index in [1.54, 1.807) is 6.20 Å². The molecule has 0 N–H and O–H groups in total. The zero-order valence-electron chi connectivity index (χ0n) is 23.7. The summed E-state index contributed by atoms with van der Waals surface area (Å²) >= 11 is 0. The third kappa shape index (κ3) is 6.73. The molecule has 0 aliphatic rings. The third-order valence-electron chi connectivity index (χ3n) is 6.74. The van der Waals surface area contributed by atoms with Crippen LogP contribution >= 0.6 is 0 Å². The first-order valence-electron chi connectivity index (χ1n) is 13.7. The standard InChI is InChI=1S/C33H32N8/c1-5-41(6-2)28-16-13-26(14-17-28)35-37-27-15-18-30(24(4)22-27)38-40-32-20-19-31(29-8-7-21-34-33(29)32)39-36-25-11-9-23(3)10-12-25/h7-22H,5-6H2,1-4H3. The second-order valence-corrected chi connectivity index (χ2v) is 9.60. The molecule has 0 radical (unpaired) electrons. The van der Waals surface area contributed by atoms with Gasteiger partial charge in [0.15, 0.2) is 0 Å². The molecule has 1 heterocycles. The second-order valence-electron chi connectivity index (χ2n) is 9.60. The largest absolute Gasteiger partial charge is 0.372 e. The fraction of sp³-hybridized carbons (Fsp3) is 0.182. The number of aryl methyl sites for hydroxylation is 2. The molecular weight excluding hydrogens is 508 g/mol. The smallest absolute Gasteiger partial charge is 0.112 e. The van der Waals surface area contributed by atoms with E-state index in [1.165, 1.54) is 11.3 Å². The van der Waals surface area contributed by atoms with Crippen molar-refractivity contribution < 1.29 is 0 Å². The predicted octanol–water partition coefficient (Wildman–Crippen LogP) is 10.9. The van der Waals surface area contributed by atoms with E-state index in [0.29, 0.717) is 11.2 Å². The lowest BCUT2D eigenvalue weighted by atomic mass is 10.1. The molecule has 5 rings (SSSR count). The van der Waals surface area contributed by atoms with Gasteiger partial charge in [0, 0.05) is 30.4 Å². The van der Waals surface area contributed by atoms with E-state index in [-0.39, 0.29) is 0 Å². The maximum atomic E-state index is 4.55. The Kier molecular flexibility index (Phi) is 8.59. The summed E-state index contributed by atoms with van der Waals surface area (Å²) in [5, 5.41) is 27.6. The van der Waals surface area contributed by atoms with Crippen LogP contribution in [0.1, 0.15) is 25.0 Å². The van der Waals surface area contributed by atoms with Gasteiger partial charge in [0.05, 0.1) is 34.0 Å². The van der Waals surface area contributed by atoms with Crippen molar-refractivity contribution in [3.05, 3.63) is 108 Å². The Morgan fingerprint density at radius 1 is 0.585 bits per heavy atom. The number of anilines is 1. The number of hydrogen-bond donors (Lipinski definition) is 0. The predicted molar refractivity (Wildman–Crippen MR) is 167 cm³/mol. The summed E-state index contributed by atoms with van der Waals surface area (Å²) in [6.45, 7) is 10.3. The number of aromatic nitrogens is 1. The lowest BCUT2D eigenvalue weighted by Gasteiger charge is -2.20. The van der Waals surface area contributed by atoms with Gasteiger partial charge >= 0.3 is 0 Å². The van der Waals surface area contributed by atoms with Crippen molar-refractivity contribution in [2.45, 2.75) is 27.7 Å². The molecule has 0 bridgehead atoms. The first kappa shape index (κ1) is 27.5. The summed E-state index contributed by atoms with van der Waals surface area (Å²) in [6.07, 6.45) is 1.74. The maximum absolute atomic E-state index is 4.55. The Bertz CT molecular complexity index is 1720. The van der Waals surface area contributed by atoms with Gasteiger partial charge in [-0.05, 0) is 112 Å². The molecule has 0 aliphatic heterocycles. The van der Waals surface area contributed by atoms with Crippen molar-refractivity contribution in [2.24, 2.45) is 30.7 Å². The molecule has 8 heteroatoms. The molecule has 4 aromatic carbocycles. The second kappa shape index (κ2) is 12.8. The number of azo groups is 3. The van der Waals surface area contributed by atoms with Crippen molar-refractivity contribution in [2.75, 3.05) is 18.0 Å². The summed E-state index contributed by atoms with van der Waals surface area (Å²) in [6, 6.07) is 29.4. The fourth-order valence-electron chi connectivity index (χ4n) is 4.39. The van der Waals surface area contributed by atoms with Crippen molar-refractivity contribution in [1.29, 1.82) is 0 Å². The molecule has 0 saturated heterocycles. The Morgan fingerprint density at radius 3 is 1.85 bits per heavy atom. The van der Waals surface area contributed by atoms with Crippen molar-refractivity contribution in [1.82, 2.24) is 4.98 Å². The van der Waals surface area contributed by atoms with E-state index >= 15 is 0 Å². The average Bonchev–Trinajstić information content (AvgIpc) is 3.01. The van der Waals surface area contributed by atoms with Crippen LogP contribution in [0.4, 0.5) is 39.8 Å². The van der Waals surface area contributed by atoms with Gasteiger partial charge < -0.3 is 4.90 Å². The molecule has 41 heavy (non-hydrogen) atoms. The van der Waals surface area contributed by atoms with Crippen LogP contribution in [0.2, 0.25) is 0 Å². The van der Waals surface area contributed by atoms with E-state index in [0.717, 1.165) is 52.5 Å². The first-order valence-corrected chi connectivity index (χ1v) is 13.7. The quantitative estimate of drug-likeness (QED) is 0.174. The zero-order chi connectivity index (χ0) is 28.6. The van der Waals surface area contributed by atoms with Crippen LogP contribution in [0.15, 0.2) is 128 Å². The van der Waals surface area contributed by atoms with Gasteiger partial charge in [-0.2, -0.15) is 20.5 Å². The minimum Gasteiger partial charge on any atom is -0.372 e. The molecule has 1 aromatic heterocycles. The summed E-state index contributed by atoms with van der Waals surface area (Å²) in [5.74, 6) is 0. The molecule has 0 amide bonds. The fourth-order valence-corrected chi connectivity index (χ4v) is 4.39. The number of fused-ring (bicyclic) bond motifs is 1. The zero-order valence-corrected chi connectivity index (χ0v) is 23.7. The number of hydrogen-bond acceptors (Lipinski definition) is 8. The van der Waals surface area contributed by atoms with Crippen LogP contribution in [-0.2, 0) is 0 Å². The highest BCUT2D eigenvalue weighted by atomic mass is 15.1. The number of nitrogens with zero attached hydrogens (tertiary/aromatic N) is 8. The summed E-state index contributed by atoms with van der Waals surface area (Å²) < 4.78 is 0. The monoisotopic (exact) mass is 540 g/mol. The molecule has 0 saturated carbocycles. The SMILES string of the molecule is CCN(CC)c1ccc(N=Nc2ccc(N=Nc3ccc(N=Nc4ccc(C)cc4)c4cccnc34)c(C)c2)cc1. The van der Waals surface area contributed by atoms with E-state index < -0.39 is 0 Å². The Morgan fingerprint density at radius 2 is 1.15 bits per heavy atom. The molecule has 204 valence electrons. The number of benzene rings is 4. The molecule has 8 nitrogen and oxygen atoms in total. The van der Waals surface area contributed by atoms with Crippen LogP contribution in [-0.4, -0.2) is 18.1 Å². The van der Waals surface area contributed by atoms with Gasteiger partial charge in [-0.25, -0.2) is 0 Å². The van der Waals surface area contributed by atoms with E-state index in [9.17, 15) is 0 Å². The Balaban J connectivity index is 1.32. The first-order chi connectivity index (χ1) is 20.0. The molecule has 0 spiro atoms. The minimum atomic E-state index is 0.659. The van der Waals surface area contributed by atoms with Crippen LogP contribution in [0.3, 0.4) is 0 Å². The van der Waals surface area contributed by atoms with Gasteiger partial charge in [0.25, 0.3) is 0 Å². The molecule has 0 aliphatic carbocycles. The van der Waals surface area contributed by atoms with Gasteiger partial charge in [-0.1, -0.05) is 17.7 Å². The van der Waals surface area contributed by atoms with E-state index in [2.05, 4.69) is 66.5 Å². The normalized spacial score (nSPS) is 11.8. The average molecular weight is 541 g/mol. The Hall–Kier alpha value is -5.11. The van der Waals surface area contributed by atoms with Crippen LogP contribution < -0.4 is 4.90 Å². The highest BCUT2D eigenvalue weighted by molar-refractivity contribution is 5.96. The van der Waals surface area contributed by atoms with Gasteiger partial charge in [-0.3, -0.25) is 4.98 Å². The Labute approximate surface area is 240 Å². The highest BCUT2D eigenvalue weighted by Crippen LogP contribution is 2.35. The van der Waals surface area contributed by atoms with Crippen molar-refractivity contribution >= 4 is 50.7 Å². The number of pyridine rings is 1. The topological polar surface area (TPSA) is 90.3 Å². The highest BCUT2D eigenvalue weighted by Gasteiger charge is 2.08. The third-order valence-corrected chi connectivity index (χ3v) is 6.74. The van der Waals surface area contributed by atoms with Crippen LogP contribution in [0, 0.1) is 13.8 Å². The van der Waals surface area contributed by atoms with Crippen molar-refractivity contribution in [3.8, 4) is 0 Å². The lowest BCUT2D eigenvalue weighted by Crippen LogP contribution is -2.21. The van der Waals surface area contributed by atoms with Gasteiger partial charge in [0.2, 0.25) is 0 Å². The van der Waals surface area contributed by atoms with E-state index in [1.807, 2.05) is 92.7 Å². The lowest BCUT2D eigenvalue weighted by molar-refractivity contribution is 0.866. The molecule has 0 atom stereocenters. The summed E-state index contributed by atoms with van der Waals surface area (Å²) in [7, 11) is 0. The molecule has 0 fully saturated rings. The van der Waals surface area contributed by atoms with Gasteiger partial charge in [-0.15, -0.1) is 10.2 Å². The summed E-state index contributed by atoms with van der Waals surface area (Å²) in [4.78, 5) is 6.84. The van der Waals surface area contributed by atoms with Crippen LogP contribution in [0.25, 0.3) is 10.9 Å². The molecule has 5 aromatic rings. The van der Waals surface area contributed by atoms with Crippen LogP contribution in [0.5, 0.6) is 0 Å². The molecule has 0 unspecified atom stereocenters. The number of rotatable bonds is 9. The van der Waals surface area contributed by atoms with E-state index in [4.69, 9.17) is 0 Å². The molecular formula is C33H32N8. The maximum Gasteiger partial charge on any atom is 0.112 e. The van der Waals surface area contributed by atoms with Crippen molar-refractivity contribution in [3.63, 3.8) is 0 Å². The van der Waals surface area contributed by atoms with Gasteiger partial charge in [0.1, 0.15) is 5.69 Å². The minimum absolute atomic E-state index is 0.659. The summed E-state index contributed by atoms with van der Waals surface area (Å²) in [5.41, 5.74) is 8.51.